The molecule has 166 valence electrons. The predicted octanol–water partition coefficient (Wildman–Crippen LogP) is 2.82. The Morgan fingerprint density at radius 3 is 2.56 bits per heavy atom. The van der Waals surface area contributed by atoms with E-state index >= 15 is 0 Å². The normalized spacial score (nSPS) is 16.7. The number of primary amides is 1. The van der Waals surface area contributed by atoms with Crippen molar-refractivity contribution in [2.45, 2.75) is 19.5 Å². The summed E-state index contributed by atoms with van der Waals surface area (Å²) >= 11 is 6.60. The Balaban J connectivity index is 1.67. The summed E-state index contributed by atoms with van der Waals surface area (Å²) in [4.78, 5) is 21.5. The lowest BCUT2D eigenvalue weighted by atomic mass is 9.97. The monoisotopic (exact) mass is 451 g/mol. The van der Waals surface area contributed by atoms with Crippen LogP contribution >= 0.6 is 11.6 Å². The number of halogens is 1. The first-order valence-corrected chi connectivity index (χ1v) is 11.1. The van der Waals surface area contributed by atoms with Crippen molar-refractivity contribution in [1.29, 1.82) is 0 Å². The summed E-state index contributed by atoms with van der Waals surface area (Å²) in [5.74, 6) is -0.174. The zero-order chi connectivity index (χ0) is 22.4. The second-order valence-corrected chi connectivity index (χ2v) is 8.82. The highest BCUT2D eigenvalue weighted by Crippen LogP contribution is 2.33. The molecule has 1 aliphatic rings. The lowest BCUT2D eigenvalue weighted by molar-refractivity contribution is -0.119. The van der Waals surface area contributed by atoms with E-state index < -0.39 is 11.8 Å². The molecule has 0 aliphatic carbocycles. The number of hydrogen-bond acceptors (Lipinski definition) is 5. The van der Waals surface area contributed by atoms with Gasteiger partial charge in [0.1, 0.15) is 0 Å². The molecule has 32 heavy (non-hydrogen) atoms. The molecule has 0 radical (unpaired) electrons. The Bertz CT molecular complexity index is 1300. The Morgan fingerprint density at radius 1 is 1.09 bits per heavy atom. The number of benzene rings is 2. The van der Waals surface area contributed by atoms with E-state index in [1.807, 2.05) is 36.4 Å². The summed E-state index contributed by atoms with van der Waals surface area (Å²) < 4.78 is 3.97. The molecule has 1 amide bonds. The summed E-state index contributed by atoms with van der Waals surface area (Å²) in [5, 5.41) is 5.71. The first-order chi connectivity index (χ1) is 15.4. The molecule has 0 bridgehead atoms. The topological polar surface area (TPSA) is 85.2 Å². The second kappa shape index (κ2) is 8.20. The summed E-state index contributed by atoms with van der Waals surface area (Å²) in [6.07, 6.45) is 0. The maximum Gasteiger partial charge on any atom is 0.233 e. The van der Waals surface area contributed by atoms with Gasteiger partial charge in [-0.3, -0.25) is 14.3 Å². The highest BCUT2D eigenvalue weighted by molar-refractivity contribution is 6.34. The molecule has 1 atom stereocenters. The van der Waals surface area contributed by atoms with Crippen molar-refractivity contribution in [3.05, 3.63) is 53.2 Å². The number of piperazine rings is 1. The van der Waals surface area contributed by atoms with Crippen LogP contribution in [-0.2, 0) is 11.5 Å². The molecule has 9 heteroatoms. The third-order valence-electron chi connectivity index (χ3n) is 6.35. The van der Waals surface area contributed by atoms with Crippen LogP contribution in [0.2, 0.25) is 5.15 Å². The molecule has 1 fully saturated rings. The van der Waals surface area contributed by atoms with Gasteiger partial charge >= 0.3 is 0 Å². The van der Waals surface area contributed by atoms with Crippen LogP contribution in [0.5, 0.6) is 0 Å². The van der Waals surface area contributed by atoms with Crippen LogP contribution in [0.1, 0.15) is 18.4 Å². The molecule has 8 nitrogen and oxygen atoms in total. The number of imidazole rings is 1. The number of nitrogens with two attached hydrogens (primary N) is 1. The van der Waals surface area contributed by atoms with E-state index in [1.165, 1.54) is 0 Å². The van der Waals surface area contributed by atoms with Gasteiger partial charge < -0.3 is 10.6 Å². The molecule has 1 aliphatic heterocycles. The third-order valence-corrected chi connectivity index (χ3v) is 6.62. The Hall–Kier alpha value is -2.94. The zero-order valence-electron chi connectivity index (χ0n) is 18.2. The number of amides is 1. The molecular formula is C23H26ClN7O. The number of nitrogens with zero attached hydrogens (tertiary/aromatic N) is 6. The molecule has 2 aromatic carbocycles. The molecule has 5 rings (SSSR count). The number of carbonyl (C=O) groups excluding carboxylic acids is 1. The highest BCUT2D eigenvalue weighted by Gasteiger charge is 2.24. The largest absolute Gasteiger partial charge is 0.369 e. The summed E-state index contributed by atoms with van der Waals surface area (Å²) in [7, 11) is 2.15. The van der Waals surface area contributed by atoms with Crippen LogP contribution in [0, 0.1) is 0 Å². The van der Waals surface area contributed by atoms with Gasteiger partial charge in [0.15, 0.2) is 5.15 Å². The Labute approximate surface area is 191 Å². The van der Waals surface area contributed by atoms with Gasteiger partial charge in [-0.05, 0) is 37.7 Å². The first-order valence-electron chi connectivity index (χ1n) is 10.8. The van der Waals surface area contributed by atoms with E-state index in [4.69, 9.17) is 22.3 Å². The zero-order valence-corrected chi connectivity index (χ0v) is 19.0. The van der Waals surface area contributed by atoms with E-state index in [0.717, 1.165) is 53.7 Å². The minimum Gasteiger partial charge on any atom is -0.369 e. The van der Waals surface area contributed by atoms with Gasteiger partial charge in [-0.25, -0.2) is 4.98 Å². The number of aromatic nitrogens is 4. The van der Waals surface area contributed by atoms with Crippen LogP contribution < -0.4 is 5.73 Å². The highest BCUT2D eigenvalue weighted by atomic mass is 35.5. The van der Waals surface area contributed by atoms with Gasteiger partial charge in [0, 0.05) is 31.6 Å². The van der Waals surface area contributed by atoms with Gasteiger partial charge in [-0.2, -0.15) is 9.78 Å². The quantitative estimate of drug-likeness (QED) is 0.504. The van der Waals surface area contributed by atoms with E-state index in [1.54, 1.807) is 11.6 Å². The van der Waals surface area contributed by atoms with Crippen LogP contribution in [0.4, 0.5) is 0 Å². The molecular weight excluding hydrogens is 426 g/mol. The van der Waals surface area contributed by atoms with Gasteiger partial charge in [0.05, 0.1) is 29.1 Å². The first kappa shape index (κ1) is 20.9. The van der Waals surface area contributed by atoms with Crippen molar-refractivity contribution in [2.24, 2.45) is 5.73 Å². The molecule has 2 N–H and O–H groups in total. The van der Waals surface area contributed by atoms with Crippen LogP contribution in [0.3, 0.4) is 0 Å². The number of para-hydroxylation sites is 2. The lowest BCUT2D eigenvalue weighted by Gasteiger charge is -2.32. The molecule has 4 aromatic rings. The van der Waals surface area contributed by atoms with E-state index in [9.17, 15) is 4.79 Å². The van der Waals surface area contributed by atoms with E-state index in [2.05, 4.69) is 32.6 Å². The standard InChI is InChI=1S/C23H26ClN7O/c1-15(22(25)32)16-6-5-9-19-20(16)21(24)27-31(19)23-26-17-7-3-4-8-18(17)30(23)14-29-12-10-28(2)11-13-29/h3-9,15H,10-14H2,1-2H3,(H2,25,32). The summed E-state index contributed by atoms with van der Waals surface area (Å²) in [6, 6.07) is 13.8. The number of fused-ring (bicyclic) bond motifs is 2. The average molecular weight is 452 g/mol. The fourth-order valence-corrected chi connectivity index (χ4v) is 4.65. The van der Waals surface area contributed by atoms with Crippen molar-refractivity contribution in [2.75, 3.05) is 33.2 Å². The van der Waals surface area contributed by atoms with E-state index in [0.29, 0.717) is 17.8 Å². The van der Waals surface area contributed by atoms with Crippen molar-refractivity contribution in [1.82, 2.24) is 29.1 Å². The molecule has 1 unspecified atom stereocenters. The number of rotatable bonds is 5. The second-order valence-electron chi connectivity index (χ2n) is 8.46. The van der Waals surface area contributed by atoms with Crippen molar-refractivity contribution in [3.63, 3.8) is 0 Å². The molecule has 2 aromatic heterocycles. The molecule has 0 saturated carbocycles. The van der Waals surface area contributed by atoms with Gasteiger partial charge in [0.25, 0.3) is 0 Å². The predicted molar refractivity (Wildman–Crippen MR) is 126 cm³/mol. The molecule has 0 spiro atoms. The number of hydrogen-bond donors (Lipinski definition) is 1. The molecule has 1 saturated heterocycles. The smallest absolute Gasteiger partial charge is 0.233 e. The fourth-order valence-electron chi connectivity index (χ4n) is 4.37. The summed E-state index contributed by atoms with van der Waals surface area (Å²) in [6.45, 7) is 6.54. The summed E-state index contributed by atoms with van der Waals surface area (Å²) in [5.41, 5.74) is 9.10. The maximum atomic E-state index is 11.9. The van der Waals surface area contributed by atoms with Crippen molar-refractivity contribution in [3.8, 4) is 5.95 Å². The van der Waals surface area contributed by atoms with Crippen LogP contribution in [0.15, 0.2) is 42.5 Å². The van der Waals surface area contributed by atoms with Crippen LogP contribution in [-0.4, -0.2) is 68.3 Å². The fraction of sp³-hybridized carbons (Fsp3) is 0.348. The Kier molecular flexibility index (Phi) is 5.36. The number of carbonyl (C=O) groups is 1. The number of likely N-dealkylation sites (N-methyl/N-ethyl adjacent to an activating group) is 1. The van der Waals surface area contributed by atoms with Gasteiger partial charge in [0.2, 0.25) is 11.9 Å². The maximum absolute atomic E-state index is 11.9. The van der Waals surface area contributed by atoms with Gasteiger partial charge in [-0.15, -0.1) is 0 Å². The van der Waals surface area contributed by atoms with Crippen molar-refractivity contribution >= 4 is 39.4 Å². The minimum atomic E-state index is -0.474. The average Bonchev–Trinajstić information content (AvgIpc) is 3.32. The molecule has 3 heterocycles. The Morgan fingerprint density at radius 2 is 1.81 bits per heavy atom. The SMILES string of the molecule is CC(C(N)=O)c1cccc2c1c(Cl)nn2-c1nc2ccccc2n1CN1CCN(C)CC1. The lowest BCUT2D eigenvalue weighted by Crippen LogP contribution is -2.45. The van der Waals surface area contributed by atoms with Crippen LogP contribution in [0.25, 0.3) is 27.9 Å². The minimum absolute atomic E-state index is 0.335. The van der Waals surface area contributed by atoms with E-state index in [-0.39, 0.29) is 0 Å². The van der Waals surface area contributed by atoms with Crippen molar-refractivity contribution < 1.29 is 4.79 Å². The van der Waals surface area contributed by atoms with Gasteiger partial charge in [-0.1, -0.05) is 35.9 Å². The third kappa shape index (κ3) is 3.54.